The highest BCUT2D eigenvalue weighted by Crippen LogP contribution is 2.51. The van der Waals surface area contributed by atoms with Crippen LogP contribution in [0.1, 0.15) is 91.8 Å². The van der Waals surface area contributed by atoms with Crippen LogP contribution in [-0.4, -0.2) is 136 Å². The molecular weight excluding hydrogens is 1130 g/mol. The monoisotopic (exact) mass is 1200 g/mol. The molecule has 2 fully saturated rings. The fourth-order valence-electron chi connectivity index (χ4n) is 8.44. The largest absolute Gasteiger partial charge is 0.465 e. The van der Waals surface area contributed by atoms with Crippen LogP contribution in [0.4, 0.5) is 11.6 Å². The molecule has 2 aliphatic heterocycles. The van der Waals surface area contributed by atoms with E-state index in [1.54, 1.807) is 60.7 Å². The summed E-state index contributed by atoms with van der Waals surface area (Å²) in [6.07, 6.45) is -5.54. The molecule has 2 saturated heterocycles. The van der Waals surface area contributed by atoms with Gasteiger partial charge in [0.1, 0.15) is 71.7 Å². The Morgan fingerprint density at radius 1 is 0.643 bits per heavy atom. The number of aromatic nitrogens is 6. The van der Waals surface area contributed by atoms with Crippen molar-refractivity contribution in [1.82, 2.24) is 39.4 Å². The molecule has 0 amide bonds. The SMILES string of the molecule is [C-]#[N+][C@]1(CO[P@@](=O)(N[C@@H](C)C(=O)OCCC(C)(C)C)Oc2ccccc2)O[C@@H](c2ccc3c(N)ncnn23)[C@H](O)[C@@H]1O.[C-]#[N+][C@]1(CO[P@](=O)(N[C@@H](C)C(=O)OCCC(C)(C)C)Oc2ccccc2)O[C@@H](c2ccc3c(N)ncnn23)[C@H](O)[C@@H]1O. The standard InChI is InChI=1S/2C27H35N6O8P/c2*1-17(25(36)38-14-13-26(2,3)4)32-42(37,41-18-9-7-6-8-10-18)39-15-27(29-5)23(35)21(34)22(40-27)19-11-12-20-24(28)30-16-31-33(19)20/h2*6-12,16-17,21-23,34-35H,13-15H2,1-4H3,(H,32,37)(H2,28,30,31)/t17-,21-,22-,23-,27+,42+;17-,21-,22-,23-,27+,42-/m00/s1. The number of nitrogens with zero attached hydrogens (tertiary/aromatic N) is 8. The fraction of sp³-hybridized carbons (Fsp3) is 0.481. The number of carbonyl (C=O) groups is 2. The molecule has 452 valence electrons. The summed E-state index contributed by atoms with van der Waals surface area (Å²) in [5, 5.41) is 57.1. The highest BCUT2D eigenvalue weighted by atomic mass is 31.2. The van der Waals surface area contributed by atoms with E-state index in [-0.39, 0.29) is 47.2 Å². The zero-order valence-corrected chi connectivity index (χ0v) is 49.2. The molecule has 8 rings (SSSR count). The minimum atomic E-state index is -4.41. The number of nitrogens with two attached hydrogens (primary N) is 2. The highest BCUT2D eigenvalue weighted by molar-refractivity contribution is 7.52. The van der Waals surface area contributed by atoms with Crippen LogP contribution in [0.3, 0.4) is 0 Å². The highest BCUT2D eigenvalue weighted by Gasteiger charge is 2.64. The minimum absolute atomic E-state index is 0.0584. The van der Waals surface area contributed by atoms with Gasteiger partial charge in [-0.1, -0.05) is 77.9 Å². The molecule has 84 heavy (non-hydrogen) atoms. The Bertz CT molecular complexity index is 3200. The van der Waals surface area contributed by atoms with Crippen LogP contribution in [0.25, 0.3) is 20.7 Å². The second-order valence-corrected chi connectivity index (χ2v) is 25.7. The van der Waals surface area contributed by atoms with Gasteiger partial charge in [0.2, 0.25) is 0 Å². The lowest BCUT2D eigenvalue weighted by Crippen LogP contribution is -2.45. The summed E-state index contributed by atoms with van der Waals surface area (Å²) in [7, 11) is -8.81. The normalized spacial score (nSPS) is 24.5. The van der Waals surface area contributed by atoms with E-state index < -0.39 is 101 Å². The molecule has 6 heterocycles. The number of aliphatic hydroxyl groups is 4. The Hall–Kier alpha value is -7.14. The van der Waals surface area contributed by atoms with Crippen molar-refractivity contribution in [1.29, 1.82) is 0 Å². The van der Waals surface area contributed by atoms with Crippen LogP contribution in [0.15, 0.2) is 97.6 Å². The quantitative estimate of drug-likeness (QED) is 0.0227. The van der Waals surface area contributed by atoms with Gasteiger partial charge >= 0.3 is 38.9 Å². The summed E-state index contributed by atoms with van der Waals surface area (Å²) in [6, 6.07) is 20.2. The number of carbonyl (C=O) groups excluding carboxylic acids is 2. The van der Waals surface area contributed by atoms with Crippen molar-refractivity contribution < 1.29 is 76.2 Å². The molecule has 6 aromatic rings. The number of anilines is 2. The van der Waals surface area contributed by atoms with Gasteiger partial charge in [0.15, 0.2) is 37.1 Å². The molecule has 4 aromatic heterocycles. The van der Waals surface area contributed by atoms with E-state index in [9.17, 15) is 39.1 Å². The number of nitrogens with one attached hydrogen (secondary N) is 2. The number of benzene rings is 2. The van der Waals surface area contributed by atoms with Gasteiger partial charge in [0.25, 0.3) is 0 Å². The van der Waals surface area contributed by atoms with E-state index in [0.717, 1.165) is 0 Å². The first kappa shape index (κ1) is 64.4. The van der Waals surface area contributed by atoms with Crippen molar-refractivity contribution in [3.63, 3.8) is 0 Å². The summed E-state index contributed by atoms with van der Waals surface area (Å²) in [4.78, 5) is 40.0. The Morgan fingerprint density at radius 2 is 1.00 bits per heavy atom. The smallest absolute Gasteiger partial charge is 0.459 e. The maximum Gasteiger partial charge on any atom is 0.459 e. The number of esters is 2. The molecule has 0 aliphatic carbocycles. The molecule has 2 aliphatic rings. The van der Waals surface area contributed by atoms with E-state index >= 15 is 0 Å². The molecule has 10 N–H and O–H groups in total. The van der Waals surface area contributed by atoms with Gasteiger partial charge in [-0.2, -0.15) is 20.4 Å². The van der Waals surface area contributed by atoms with Gasteiger partial charge in [-0.3, -0.25) is 37.8 Å². The number of hydrogen-bond acceptors (Lipinski definition) is 22. The molecule has 30 heteroatoms. The van der Waals surface area contributed by atoms with E-state index in [1.807, 2.05) is 41.5 Å². The van der Waals surface area contributed by atoms with Crippen LogP contribution in [0.5, 0.6) is 11.5 Å². The van der Waals surface area contributed by atoms with Gasteiger partial charge in [0, 0.05) is 0 Å². The fourth-order valence-corrected chi connectivity index (χ4v) is 11.5. The molecule has 2 aromatic carbocycles. The molecule has 0 bridgehead atoms. The van der Waals surface area contributed by atoms with Crippen LogP contribution >= 0.6 is 15.5 Å². The van der Waals surface area contributed by atoms with Gasteiger partial charge < -0.3 is 50.4 Å². The molecule has 28 nitrogen and oxygen atoms in total. The molecule has 0 radical (unpaired) electrons. The Balaban J connectivity index is 0.000000241. The zero-order valence-electron chi connectivity index (χ0n) is 47.4. The number of nitrogen functional groups attached to an aromatic ring is 2. The predicted octanol–water partition coefficient (Wildman–Crippen LogP) is 5.76. The number of fused-ring (bicyclic) bond motifs is 2. The first-order chi connectivity index (χ1) is 39.5. The van der Waals surface area contributed by atoms with Crippen molar-refractivity contribution in [2.45, 2.75) is 128 Å². The summed E-state index contributed by atoms with van der Waals surface area (Å²) in [5.41, 5.74) is 8.75. The average molecular weight is 1210 g/mol. The zero-order chi connectivity index (χ0) is 61.4. The summed E-state index contributed by atoms with van der Waals surface area (Å²) in [5.74, 6) is -0.704. The first-order valence-electron chi connectivity index (χ1n) is 26.4. The summed E-state index contributed by atoms with van der Waals surface area (Å²) >= 11 is 0. The lowest BCUT2D eigenvalue weighted by molar-refractivity contribution is -0.146. The molecule has 0 spiro atoms. The Morgan fingerprint density at radius 3 is 1.33 bits per heavy atom. The maximum atomic E-state index is 14.0. The van der Waals surface area contributed by atoms with E-state index in [4.69, 9.17) is 61.7 Å². The first-order valence-corrected chi connectivity index (χ1v) is 29.5. The summed E-state index contributed by atoms with van der Waals surface area (Å²) in [6.45, 7) is 29.3. The Kier molecular flexibility index (Phi) is 20.3. The van der Waals surface area contributed by atoms with E-state index in [0.29, 0.717) is 35.3 Å². The van der Waals surface area contributed by atoms with E-state index in [1.165, 1.54) is 59.8 Å². The number of hydrogen-bond donors (Lipinski definition) is 8. The van der Waals surface area contributed by atoms with Gasteiger partial charge in [-0.15, -0.1) is 0 Å². The third kappa shape index (κ3) is 15.4. The van der Waals surface area contributed by atoms with Crippen molar-refractivity contribution in [2.75, 3.05) is 37.9 Å². The number of aliphatic hydroxyl groups excluding tert-OH is 4. The average Bonchev–Trinajstić information content (AvgIpc) is 3.49. The number of ether oxygens (including phenoxy) is 4. The number of rotatable bonds is 22. The predicted molar refractivity (Wildman–Crippen MR) is 302 cm³/mol. The van der Waals surface area contributed by atoms with Crippen molar-refractivity contribution in [3.8, 4) is 11.5 Å². The van der Waals surface area contributed by atoms with Crippen LogP contribution < -0.4 is 30.7 Å². The lowest BCUT2D eigenvalue weighted by Gasteiger charge is -2.26. The van der Waals surface area contributed by atoms with Gasteiger partial charge in [0.05, 0.1) is 24.6 Å². The molecular formula is C54H70N12O16P2. The molecule has 12 atom stereocenters. The van der Waals surface area contributed by atoms with Gasteiger partial charge in [-0.25, -0.2) is 41.3 Å². The third-order valence-corrected chi connectivity index (χ3v) is 16.5. The van der Waals surface area contributed by atoms with Crippen molar-refractivity contribution in [3.05, 3.63) is 132 Å². The minimum Gasteiger partial charge on any atom is -0.465 e. The van der Waals surface area contributed by atoms with Crippen LogP contribution in [-0.2, 0) is 46.7 Å². The lowest BCUT2D eigenvalue weighted by atomic mass is 9.93. The van der Waals surface area contributed by atoms with Crippen LogP contribution in [0.2, 0.25) is 0 Å². The maximum absolute atomic E-state index is 14.0. The van der Waals surface area contributed by atoms with Crippen LogP contribution in [0, 0.1) is 24.0 Å². The molecule has 0 saturated carbocycles. The summed E-state index contributed by atoms with van der Waals surface area (Å²) < 4.78 is 75.7. The van der Waals surface area contributed by atoms with Gasteiger partial charge in [-0.05, 0) is 86.1 Å². The Labute approximate surface area is 484 Å². The van der Waals surface area contributed by atoms with Crippen molar-refractivity contribution in [2.24, 2.45) is 10.8 Å². The second-order valence-electron chi connectivity index (χ2n) is 22.3. The van der Waals surface area contributed by atoms with E-state index in [2.05, 4.69) is 40.0 Å². The third-order valence-electron chi connectivity index (χ3n) is 13.3. The number of para-hydroxylation sites is 2. The topological polar surface area (TPSA) is 368 Å². The van der Waals surface area contributed by atoms with Crippen molar-refractivity contribution >= 4 is 50.1 Å². The second kappa shape index (κ2) is 26.4. The molecule has 0 unspecified atom stereocenters.